The second-order valence-corrected chi connectivity index (χ2v) is 6.49. The molecule has 1 fully saturated rings. The van der Waals surface area contributed by atoms with E-state index in [9.17, 15) is 9.59 Å². The molecule has 1 saturated heterocycles. The summed E-state index contributed by atoms with van der Waals surface area (Å²) in [7, 11) is 3.39. The van der Waals surface area contributed by atoms with Gasteiger partial charge in [0.15, 0.2) is 0 Å². The molecule has 26 heavy (non-hydrogen) atoms. The van der Waals surface area contributed by atoms with E-state index < -0.39 is 0 Å². The van der Waals surface area contributed by atoms with Crippen LogP contribution in [0.25, 0.3) is 0 Å². The molecule has 140 valence electrons. The summed E-state index contributed by atoms with van der Waals surface area (Å²) < 4.78 is 1.73. The molecule has 7 nitrogen and oxygen atoms in total. The molecule has 3 rings (SSSR count). The van der Waals surface area contributed by atoms with Crippen molar-refractivity contribution in [2.24, 2.45) is 13.0 Å². The maximum atomic E-state index is 12.7. The van der Waals surface area contributed by atoms with Gasteiger partial charge in [0.25, 0.3) is 5.91 Å². The number of aryl methyl sites for hydroxylation is 1. The molecule has 0 radical (unpaired) electrons. The van der Waals surface area contributed by atoms with E-state index in [4.69, 9.17) is 11.6 Å². The largest absolute Gasteiger partial charge is 0.355 e. The first-order valence-corrected chi connectivity index (χ1v) is 8.39. The maximum absolute atomic E-state index is 12.7. The summed E-state index contributed by atoms with van der Waals surface area (Å²) in [6.07, 6.45) is 3.73. The van der Waals surface area contributed by atoms with E-state index in [2.05, 4.69) is 21.0 Å². The number of nitrogens with zero attached hydrogens (tertiary/aromatic N) is 2. The molecule has 0 bridgehead atoms. The van der Waals surface area contributed by atoms with Crippen LogP contribution in [0.2, 0.25) is 5.02 Å². The summed E-state index contributed by atoms with van der Waals surface area (Å²) >= 11 is 6.05. The zero-order valence-corrected chi connectivity index (χ0v) is 16.0. The lowest BCUT2D eigenvalue weighted by Gasteiger charge is -2.17. The second kappa shape index (κ2) is 8.53. The summed E-state index contributed by atoms with van der Waals surface area (Å²) in [5.41, 5.74) is 1.91. The Morgan fingerprint density at radius 1 is 1.35 bits per heavy atom. The molecule has 2 atom stereocenters. The minimum absolute atomic E-state index is 0. The monoisotopic (exact) mass is 397 g/mol. The van der Waals surface area contributed by atoms with Gasteiger partial charge in [-0.25, -0.2) is 0 Å². The average molecular weight is 398 g/mol. The van der Waals surface area contributed by atoms with Crippen LogP contribution in [0, 0.1) is 5.92 Å². The molecule has 0 aliphatic carbocycles. The van der Waals surface area contributed by atoms with E-state index >= 15 is 0 Å². The van der Waals surface area contributed by atoms with E-state index in [0.717, 1.165) is 12.1 Å². The summed E-state index contributed by atoms with van der Waals surface area (Å²) in [5, 5.41) is 13.2. The van der Waals surface area contributed by atoms with Gasteiger partial charge < -0.3 is 16.0 Å². The van der Waals surface area contributed by atoms with Crippen molar-refractivity contribution >= 4 is 41.5 Å². The van der Waals surface area contributed by atoms with Gasteiger partial charge in [0.2, 0.25) is 5.91 Å². The molecule has 0 saturated carbocycles. The van der Waals surface area contributed by atoms with Gasteiger partial charge in [-0.15, -0.1) is 12.4 Å². The predicted molar refractivity (Wildman–Crippen MR) is 103 cm³/mol. The normalized spacial score (nSPS) is 18.9. The topological polar surface area (TPSA) is 88.1 Å². The van der Waals surface area contributed by atoms with Gasteiger partial charge in [0.05, 0.1) is 22.7 Å². The van der Waals surface area contributed by atoms with Crippen molar-refractivity contribution < 1.29 is 9.59 Å². The molecule has 1 aliphatic rings. The van der Waals surface area contributed by atoms with Gasteiger partial charge in [-0.05, 0) is 23.8 Å². The van der Waals surface area contributed by atoms with E-state index in [0.29, 0.717) is 22.8 Å². The summed E-state index contributed by atoms with van der Waals surface area (Å²) in [5.74, 6) is -0.524. The van der Waals surface area contributed by atoms with Crippen molar-refractivity contribution in [3.8, 4) is 0 Å². The first-order chi connectivity index (χ1) is 12.0. The third kappa shape index (κ3) is 4.17. The van der Waals surface area contributed by atoms with Gasteiger partial charge >= 0.3 is 0 Å². The van der Waals surface area contributed by atoms with Gasteiger partial charge in [-0.2, -0.15) is 5.10 Å². The Morgan fingerprint density at radius 2 is 2.12 bits per heavy atom. The average Bonchev–Trinajstić information content (AvgIpc) is 3.24. The summed E-state index contributed by atoms with van der Waals surface area (Å²) in [6, 6.07) is 4.88. The van der Waals surface area contributed by atoms with Crippen LogP contribution in [0.3, 0.4) is 0 Å². The maximum Gasteiger partial charge on any atom is 0.252 e. The minimum atomic E-state index is -0.295. The zero-order chi connectivity index (χ0) is 18.0. The van der Waals surface area contributed by atoms with Crippen LogP contribution in [0.1, 0.15) is 21.8 Å². The van der Waals surface area contributed by atoms with Crippen LogP contribution >= 0.6 is 24.0 Å². The molecule has 0 unspecified atom stereocenters. The number of amides is 2. The molecule has 1 aromatic carbocycles. The Kier molecular flexibility index (Phi) is 6.63. The second-order valence-electron chi connectivity index (χ2n) is 6.08. The van der Waals surface area contributed by atoms with Crippen molar-refractivity contribution in [2.75, 3.05) is 25.5 Å². The number of carbonyl (C=O) groups excluding carboxylic acids is 2. The van der Waals surface area contributed by atoms with Crippen molar-refractivity contribution in [3.05, 3.63) is 46.7 Å². The number of hydrogen-bond donors (Lipinski definition) is 3. The molecule has 9 heteroatoms. The molecule has 2 amide bonds. The molecular weight excluding hydrogens is 377 g/mol. The van der Waals surface area contributed by atoms with Crippen LogP contribution in [0.4, 0.5) is 5.69 Å². The lowest BCUT2D eigenvalue weighted by Crippen LogP contribution is -2.28. The Labute approximate surface area is 162 Å². The van der Waals surface area contributed by atoms with E-state index in [1.807, 2.05) is 13.2 Å². The highest BCUT2D eigenvalue weighted by molar-refractivity contribution is 6.34. The third-order valence-corrected chi connectivity index (χ3v) is 4.74. The van der Waals surface area contributed by atoms with Gasteiger partial charge in [0.1, 0.15) is 0 Å². The molecule has 0 spiro atoms. The Balaban J connectivity index is 0.00000243. The van der Waals surface area contributed by atoms with Crippen LogP contribution in [-0.4, -0.2) is 41.7 Å². The predicted octanol–water partition coefficient (Wildman–Crippen LogP) is 1.80. The number of aromatic nitrogens is 2. The Bertz CT molecular complexity index is 808. The smallest absolute Gasteiger partial charge is 0.252 e. The summed E-state index contributed by atoms with van der Waals surface area (Å²) in [6.45, 7) is 1.33. The first kappa shape index (κ1) is 20.2. The highest BCUT2D eigenvalue weighted by Crippen LogP contribution is 2.29. The number of nitrogens with one attached hydrogen (secondary N) is 3. The number of halogens is 2. The minimum Gasteiger partial charge on any atom is -0.355 e. The van der Waals surface area contributed by atoms with Crippen LogP contribution < -0.4 is 16.0 Å². The van der Waals surface area contributed by atoms with Gasteiger partial charge in [0, 0.05) is 45.0 Å². The lowest BCUT2D eigenvalue weighted by atomic mass is 9.90. The lowest BCUT2D eigenvalue weighted by molar-refractivity contribution is -0.119. The number of anilines is 1. The molecule has 3 N–H and O–H groups in total. The summed E-state index contributed by atoms with van der Waals surface area (Å²) in [4.78, 5) is 24.6. The fourth-order valence-electron chi connectivity index (χ4n) is 3.08. The van der Waals surface area contributed by atoms with E-state index in [-0.39, 0.29) is 36.1 Å². The quantitative estimate of drug-likeness (QED) is 0.733. The van der Waals surface area contributed by atoms with Crippen molar-refractivity contribution in [1.82, 2.24) is 20.4 Å². The van der Waals surface area contributed by atoms with Crippen molar-refractivity contribution in [2.45, 2.75) is 5.92 Å². The van der Waals surface area contributed by atoms with Crippen LogP contribution in [-0.2, 0) is 11.8 Å². The third-order valence-electron chi connectivity index (χ3n) is 4.41. The Hall–Kier alpha value is -2.09. The molecular formula is C17H21Cl2N5O2. The molecule has 1 aliphatic heterocycles. The number of carbonyl (C=O) groups is 2. The van der Waals surface area contributed by atoms with Crippen molar-refractivity contribution in [3.63, 3.8) is 0 Å². The van der Waals surface area contributed by atoms with E-state index in [1.165, 1.54) is 7.05 Å². The van der Waals surface area contributed by atoms with Crippen LogP contribution in [0.15, 0.2) is 30.6 Å². The van der Waals surface area contributed by atoms with Crippen LogP contribution in [0.5, 0.6) is 0 Å². The number of hydrogen-bond acceptors (Lipinski definition) is 4. The van der Waals surface area contributed by atoms with Gasteiger partial charge in [-0.3, -0.25) is 14.3 Å². The Morgan fingerprint density at radius 3 is 2.77 bits per heavy atom. The van der Waals surface area contributed by atoms with Gasteiger partial charge in [-0.1, -0.05) is 11.6 Å². The molecule has 2 heterocycles. The fourth-order valence-corrected chi connectivity index (χ4v) is 3.29. The first-order valence-electron chi connectivity index (χ1n) is 8.01. The molecule has 2 aromatic rings. The van der Waals surface area contributed by atoms with Crippen molar-refractivity contribution in [1.29, 1.82) is 0 Å². The van der Waals surface area contributed by atoms with E-state index in [1.54, 1.807) is 29.1 Å². The zero-order valence-electron chi connectivity index (χ0n) is 14.5. The number of benzene rings is 1. The standard InChI is InChI=1S/C17H20ClN5O2.ClH/c1-19-16(24)12-5-11(3-4-15(12)18)22-17(25)14-8-20-7-13(14)10-6-21-23(2)9-10;/h3-6,9,13-14,20H,7-8H2,1-2H3,(H,19,24)(H,22,25);1H/t13-,14+;/m1./s1. The highest BCUT2D eigenvalue weighted by atomic mass is 35.5. The fraction of sp³-hybridized carbons (Fsp3) is 0.353. The SMILES string of the molecule is CNC(=O)c1cc(NC(=O)[C@H]2CNC[C@@H]2c2cnn(C)c2)ccc1Cl.Cl. The molecule has 1 aromatic heterocycles. The highest BCUT2D eigenvalue weighted by Gasteiger charge is 2.34. The number of rotatable bonds is 4.